The van der Waals surface area contributed by atoms with E-state index < -0.39 is 36.0 Å². The Hall–Kier alpha value is -0.990. The van der Waals surface area contributed by atoms with E-state index in [0.29, 0.717) is 11.8 Å². The predicted octanol–water partition coefficient (Wildman–Crippen LogP) is 5.70. The molecule has 7 heteroatoms. The van der Waals surface area contributed by atoms with Gasteiger partial charge in [-0.3, -0.25) is 4.79 Å². The van der Waals surface area contributed by atoms with Crippen molar-refractivity contribution < 1.29 is 34.7 Å². The van der Waals surface area contributed by atoms with Crippen LogP contribution in [0.25, 0.3) is 0 Å². The molecule has 0 aromatic rings. The lowest BCUT2D eigenvalue weighted by Crippen LogP contribution is -2.65. The highest BCUT2D eigenvalue weighted by molar-refractivity contribution is 5.76. The first-order chi connectivity index (χ1) is 19.4. The van der Waals surface area contributed by atoms with E-state index in [1.165, 1.54) is 5.57 Å². The van der Waals surface area contributed by atoms with Crippen LogP contribution in [0.1, 0.15) is 113 Å². The zero-order valence-electron chi connectivity index (χ0n) is 27.0. The summed E-state index contributed by atoms with van der Waals surface area (Å²) in [6.07, 6.45) is 7.38. The summed E-state index contributed by atoms with van der Waals surface area (Å²) in [7, 11) is 0. The van der Waals surface area contributed by atoms with Gasteiger partial charge < -0.3 is 29.9 Å². The molecule has 0 spiro atoms. The first-order valence-corrected chi connectivity index (χ1v) is 16.7. The molecule has 1 heterocycles. The maximum atomic E-state index is 12.9. The Morgan fingerprint density at radius 1 is 0.881 bits per heavy atom. The number of aliphatic hydroxyl groups excluding tert-OH is 3. The van der Waals surface area contributed by atoms with Gasteiger partial charge in [0.25, 0.3) is 0 Å². The van der Waals surface area contributed by atoms with Gasteiger partial charge in [0.1, 0.15) is 18.3 Å². The van der Waals surface area contributed by atoms with E-state index >= 15 is 0 Å². The van der Waals surface area contributed by atoms with Crippen molar-refractivity contribution >= 4 is 5.97 Å². The van der Waals surface area contributed by atoms with Crippen LogP contribution in [-0.2, 0) is 14.3 Å². The summed E-state index contributed by atoms with van der Waals surface area (Å²) in [5.41, 5.74) is 1.05. The third-order valence-electron chi connectivity index (χ3n) is 14.8. The third-order valence-corrected chi connectivity index (χ3v) is 14.8. The molecule has 7 nitrogen and oxygen atoms in total. The summed E-state index contributed by atoms with van der Waals surface area (Å²) >= 11 is 0. The van der Waals surface area contributed by atoms with Crippen LogP contribution >= 0.6 is 0 Å². The second kappa shape index (κ2) is 9.75. The van der Waals surface area contributed by atoms with Gasteiger partial charge >= 0.3 is 5.97 Å². The number of hydrogen-bond donors (Lipinski definition) is 4. The molecule has 4 saturated carbocycles. The minimum absolute atomic E-state index is 0.00452. The van der Waals surface area contributed by atoms with Crippen LogP contribution in [0, 0.1) is 50.2 Å². The summed E-state index contributed by atoms with van der Waals surface area (Å²) in [5.74, 6) is 0.465. The number of carbonyl (C=O) groups is 1. The predicted molar refractivity (Wildman–Crippen MR) is 159 cm³/mol. The van der Waals surface area contributed by atoms with Crippen molar-refractivity contribution in [2.75, 3.05) is 6.61 Å². The fourth-order valence-corrected chi connectivity index (χ4v) is 11.9. The molecule has 1 aliphatic heterocycles. The number of hydrogen-bond acceptors (Lipinski definition) is 6. The number of carboxylic acids is 1. The monoisotopic (exact) mass is 588 g/mol. The number of ether oxygens (including phenoxy) is 2. The van der Waals surface area contributed by atoms with Gasteiger partial charge in [0.2, 0.25) is 0 Å². The molecule has 238 valence electrons. The van der Waals surface area contributed by atoms with Crippen LogP contribution < -0.4 is 0 Å². The second-order valence-corrected chi connectivity index (χ2v) is 17.4. The number of fused-ring (bicyclic) bond motifs is 7. The fraction of sp³-hybridized carbons (Fsp3) is 0.914. The third kappa shape index (κ3) is 4.12. The first-order valence-electron chi connectivity index (χ1n) is 16.7. The summed E-state index contributed by atoms with van der Waals surface area (Å²) in [5, 5.41) is 41.3. The zero-order chi connectivity index (χ0) is 30.7. The van der Waals surface area contributed by atoms with Crippen LogP contribution in [0.3, 0.4) is 0 Å². The van der Waals surface area contributed by atoms with Gasteiger partial charge in [-0.25, -0.2) is 0 Å². The lowest BCUT2D eigenvalue weighted by atomic mass is 9.33. The van der Waals surface area contributed by atoms with Crippen molar-refractivity contribution in [2.24, 2.45) is 50.2 Å². The largest absolute Gasteiger partial charge is 0.481 e. The van der Waals surface area contributed by atoms with E-state index in [1.807, 2.05) is 0 Å². The molecular weight excluding hydrogens is 532 g/mol. The fourth-order valence-electron chi connectivity index (χ4n) is 11.9. The molecule has 0 bridgehead atoms. The molecule has 12 atom stereocenters. The van der Waals surface area contributed by atoms with E-state index in [1.54, 1.807) is 0 Å². The standard InChI is InChI=1S/C35H56O7/c1-30(2)14-16-35(29(39)40)17-15-33(6)20(21(35)18-30)8-9-24-32(5)12-11-25(31(3,4)23(32)10-13-34(24,33)7)42-28-27(38)26(37)22(36)19-41-28/h8,21-28,36-38H,9-19H2,1-7H3,(H,39,40)/t21-,22-,23?,24?,25-,26-,27+,28-,32-,33+,34+,35-/m0/s1. The quantitative estimate of drug-likeness (QED) is 0.247. The van der Waals surface area contributed by atoms with E-state index in [2.05, 4.69) is 54.5 Å². The molecule has 1 saturated heterocycles. The maximum Gasteiger partial charge on any atom is 0.310 e. The Labute approximate surface area is 252 Å². The van der Waals surface area contributed by atoms with Crippen molar-refractivity contribution in [3.63, 3.8) is 0 Å². The molecule has 0 radical (unpaired) electrons. The minimum atomic E-state index is -1.27. The minimum Gasteiger partial charge on any atom is -0.481 e. The highest BCUT2D eigenvalue weighted by Gasteiger charge is 2.69. The van der Waals surface area contributed by atoms with Crippen LogP contribution in [-0.4, -0.2) is 63.7 Å². The number of rotatable bonds is 3. The van der Waals surface area contributed by atoms with E-state index in [4.69, 9.17) is 9.47 Å². The SMILES string of the molecule is CC1(C)CC[C@]2(C(=O)O)CC[C@]3(C)C(=CCC4[C@@]5(C)CC[C@H](O[C@@H]6OC[C@H](O)[C@H](O)[C@H]6O)C(C)(C)C5CC[C@]43C)[C@@H]2C1. The van der Waals surface area contributed by atoms with Gasteiger partial charge in [0.05, 0.1) is 18.1 Å². The molecule has 6 aliphatic rings. The van der Waals surface area contributed by atoms with Crippen molar-refractivity contribution in [3.8, 4) is 0 Å². The molecule has 5 aliphatic carbocycles. The summed E-state index contributed by atoms with van der Waals surface area (Å²) in [6.45, 7) is 16.8. The molecule has 4 N–H and O–H groups in total. The topological polar surface area (TPSA) is 116 Å². The molecule has 42 heavy (non-hydrogen) atoms. The van der Waals surface area contributed by atoms with Crippen molar-refractivity contribution in [2.45, 2.75) is 143 Å². The van der Waals surface area contributed by atoms with Crippen LogP contribution in [0.4, 0.5) is 0 Å². The Balaban J connectivity index is 1.30. The van der Waals surface area contributed by atoms with Crippen LogP contribution in [0.5, 0.6) is 0 Å². The smallest absolute Gasteiger partial charge is 0.310 e. The van der Waals surface area contributed by atoms with Crippen LogP contribution in [0.2, 0.25) is 0 Å². The summed E-state index contributed by atoms with van der Waals surface area (Å²) < 4.78 is 12.1. The number of aliphatic hydroxyl groups is 3. The molecular formula is C35H56O7. The molecule has 0 aromatic carbocycles. The van der Waals surface area contributed by atoms with Crippen LogP contribution in [0.15, 0.2) is 11.6 Å². The van der Waals surface area contributed by atoms with Gasteiger partial charge in [0.15, 0.2) is 6.29 Å². The number of aliphatic carboxylic acids is 1. The lowest BCUT2D eigenvalue weighted by Gasteiger charge is -2.71. The summed E-state index contributed by atoms with van der Waals surface area (Å²) in [4.78, 5) is 12.9. The maximum absolute atomic E-state index is 12.9. The Morgan fingerprint density at radius 3 is 2.26 bits per heavy atom. The van der Waals surface area contributed by atoms with Gasteiger partial charge in [0, 0.05) is 0 Å². The van der Waals surface area contributed by atoms with Crippen molar-refractivity contribution in [1.82, 2.24) is 0 Å². The van der Waals surface area contributed by atoms with Crippen molar-refractivity contribution in [3.05, 3.63) is 11.6 Å². The molecule has 6 rings (SSSR count). The van der Waals surface area contributed by atoms with Crippen molar-refractivity contribution in [1.29, 1.82) is 0 Å². The first kappa shape index (κ1) is 31.0. The van der Waals surface area contributed by atoms with E-state index in [9.17, 15) is 25.2 Å². The molecule has 2 unspecified atom stereocenters. The van der Waals surface area contributed by atoms with E-state index in [0.717, 1.165) is 64.2 Å². The second-order valence-electron chi connectivity index (χ2n) is 17.4. The average molecular weight is 589 g/mol. The molecule has 0 amide bonds. The Bertz CT molecular complexity index is 1130. The van der Waals surface area contributed by atoms with E-state index in [-0.39, 0.29) is 45.7 Å². The lowest BCUT2D eigenvalue weighted by molar-refractivity contribution is -0.308. The Morgan fingerprint density at radius 2 is 1.57 bits per heavy atom. The van der Waals surface area contributed by atoms with Gasteiger partial charge in [-0.2, -0.15) is 0 Å². The normalized spacial score (nSPS) is 53.0. The van der Waals surface area contributed by atoms with Gasteiger partial charge in [-0.05, 0) is 109 Å². The molecule has 5 fully saturated rings. The zero-order valence-corrected chi connectivity index (χ0v) is 27.0. The van der Waals surface area contributed by atoms with Gasteiger partial charge in [-0.1, -0.05) is 60.1 Å². The van der Waals surface area contributed by atoms with Gasteiger partial charge in [-0.15, -0.1) is 0 Å². The highest BCUT2D eigenvalue weighted by Crippen LogP contribution is 2.75. The number of carboxylic acid groups (broad SMARTS) is 1. The molecule has 0 aromatic heterocycles. The average Bonchev–Trinajstić information content (AvgIpc) is 2.90. The summed E-state index contributed by atoms with van der Waals surface area (Å²) in [6, 6.07) is 0. The number of allylic oxidation sites excluding steroid dienone is 2. The Kier molecular flexibility index (Phi) is 7.20. The highest BCUT2D eigenvalue weighted by atomic mass is 16.7.